The number of rotatable bonds is 8. The smallest absolute Gasteiger partial charge is 0.129 e. The second-order valence-corrected chi connectivity index (χ2v) is 19.2. The first kappa shape index (κ1) is 39.0. The van der Waals surface area contributed by atoms with Crippen LogP contribution in [0, 0.1) is 0 Å². The Kier molecular flexibility index (Phi) is 10.2. The summed E-state index contributed by atoms with van der Waals surface area (Å²) >= 11 is 1.64. The molecule has 1 N–H and O–H groups in total. The zero-order valence-corrected chi connectivity index (χ0v) is 35.7. The molecule has 290 valence electrons. The Morgan fingerprint density at radius 3 is 1.88 bits per heavy atom. The molecule has 6 aromatic carbocycles. The van der Waals surface area contributed by atoms with Gasteiger partial charge in [0.2, 0.25) is 0 Å². The van der Waals surface area contributed by atoms with Gasteiger partial charge in [-0.3, -0.25) is 4.98 Å². The van der Waals surface area contributed by atoms with Crippen LogP contribution in [0.2, 0.25) is 0 Å². The van der Waals surface area contributed by atoms with Crippen LogP contribution in [-0.4, -0.2) is 15.1 Å². The number of aromatic hydroxyl groups is 1. The minimum absolute atomic E-state index is 0.0980. The zero-order chi connectivity index (χ0) is 40.8. The van der Waals surface area contributed by atoms with Crippen LogP contribution in [0.25, 0.3) is 54.3 Å². The number of hydrogen-bond donors (Lipinski definition) is 1. The molecule has 0 aliphatic carbocycles. The van der Waals surface area contributed by atoms with Crippen LogP contribution in [0.1, 0.15) is 88.8 Å². The van der Waals surface area contributed by atoms with Crippen molar-refractivity contribution in [1.82, 2.24) is 9.97 Å². The quantitative estimate of drug-likeness (QED) is 0.167. The van der Waals surface area contributed by atoms with Gasteiger partial charge in [0.15, 0.2) is 0 Å². The maximum Gasteiger partial charge on any atom is 0.129 e. The number of benzene rings is 6. The van der Waals surface area contributed by atoms with Crippen molar-refractivity contribution in [2.45, 2.75) is 78.1 Å². The van der Waals surface area contributed by atoms with Gasteiger partial charge in [0.05, 0.1) is 21.5 Å². The molecular weight excluding hydrogens is 725 g/mol. The number of phenols is 1. The fourth-order valence-corrected chi connectivity index (χ4v) is 8.90. The van der Waals surface area contributed by atoms with E-state index in [-0.39, 0.29) is 16.2 Å². The molecule has 0 aliphatic rings. The number of para-hydroxylation sites is 1. The van der Waals surface area contributed by atoms with Gasteiger partial charge in [0.25, 0.3) is 0 Å². The Morgan fingerprint density at radius 2 is 1.19 bits per heavy atom. The molecule has 3 nitrogen and oxygen atoms in total. The molecule has 0 fully saturated rings. The highest BCUT2D eigenvalue weighted by atomic mass is 32.1. The molecule has 0 spiro atoms. The molecule has 0 saturated heterocycles. The third-order valence-corrected chi connectivity index (χ3v) is 12.5. The van der Waals surface area contributed by atoms with Gasteiger partial charge in [-0.25, -0.2) is 4.98 Å². The summed E-state index contributed by atoms with van der Waals surface area (Å²) in [6, 6.07) is 52.1. The third kappa shape index (κ3) is 7.86. The Morgan fingerprint density at radius 1 is 0.517 bits per heavy atom. The SMILES string of the molecule is CC(C)(C)c1cc(-c2cc(-c3ccc(C(C)(C)c4ccccc4)cc3)ccn2)cc(-c2cccc3sc(-c4cc(Cc5ccccc5)cc(C(C)(C)C)c4O)nc23)c1. The van der Waals surface area contributed by atoms with E-state index < -0.39 is 0 Å². The summed E-state index contributed by atoms with van der Waals surface area (Å²) in [5, 5.41) is 12.6. The van der Waals surface area contributed by atoms with Crippen molar-refractivity contribution < 1.29 is 5.11 Å². The van der Waals surface area contributed by atoms with Crippen molar-refractivity contribution in [2.75, 3.05) is 0 Å². The number of thiazole rings is 1. The third-order valence-electron chi connectivity index (χ3n) is 11.5. The first-order valence-electron chi connectivity index (χ1n) is 20.2. The number of nitrogens with zero attached hydrogens (tertiary/aromatic N) is 2. The normalized spacial score (nSPS) is 12.3. The molecule has 2 aromatic heterocycles. The lowest BCUT2D eigenvalue weighted by atomic mass is 9.78. The van der Waals surface area contributed by atoms with Crippen molar-refractivity contribution in [3.63, 3.8) is 0 Å². The number of hydrogen-bond acceptors (Lipinski definition) is 4. The second kappa shape index (κ2) is 15.2. The minimum atomic E-state index is -0.245. The van der Waals surface area contributed by atoms with E-state index in [1.807, 2.05) is 12.3 Å². The second-order valence-electron chi connectivity index (χ2n) is 18.2. The highest BCUT2D eigenvalue weighted by Gasteiger charge is 2.26. The van der Waals surface area contributed by atoms with Crippen LogP contribution in [-0.2, 0) is 22.7 Å². The molecule has 0 radical (unpaired) electrons. The van der Waals surface area contributed by atoms with Crippen LogP contribution in [0.4, 0.5) is 0 Å². The van der Waals surface area contributed by atoms with E-state index in [0.717, 1.165) is 71.8 Å². The summed E-state index contributed by atoms with van der Waals surface area (Å²) in [5.41, 5.74) is 14.9. The topological polar surface area (TPSA) is 46.0 Å². The van der Waals surface area contributed by atoms with Crippen LogP contribution in [0.5, 0.6) is 5.75 Å². The lowest BCUT2D eigenvalue weighted by molar-refractivity contribution is 0.448. The van der Waals surface area contributed by atoms with Crippen molar-refractivity contribution in [1.29, 1.82) is 0 Å². The average molecular weight is 777 g/mol. The summed E-state index contributed by atoms with van der Waals surface area (Å²) in [6.07, 6.45) is 2.70. The van der Waals surface area contributed by atoms with E-state index in [1.54, 1.807) is 11.3 Å². The largest absolute Gasteiger partial charge is 0.507 e. The summed E-state index contributed by atoms with van der Waals surface area (Å²) < 4.78 is 1.08. The van der Waals surface area contributed by atoms with Gasteiger partial charge >= 0.3 is 0 Å². The molecule has 58 heavy (non-hydrogen) atoms. The van der Waals surface area contributed by atoms with E-state index >= 15 is 0 Å². The van der Waals surface area contributed by atoms with E-state index in [1.165, 1.54) is 22.3 Å². The predicted molar refractivity (Wildman–Crippen MR) is 246 cm³/mol. The molecule has 2 heterocycles. The van der Waals surface area contributed by atoms with Gasteiger partial charge in [-0.1, -0.05) is 165 Å². The van der Waals surface area contributed by atoms with Crippen molar-refractivity contribution in [3.8, 4) is 49.8 Å². The van der Waals surface area contributed by atoms with E-state index in [2.05, 4.69) is 195 Å². The lowest BCUT2D eigenvalue weighted by Crippen LogP contribution is -2.18. The van der Waals surface area contributed by atoms with Crippen molar-refractivity contribution in [3.05, 3.63) is 185 Å². The number of aromatic nitrogens is 2. The van der Waals surface area contributed by atoms with Crippen molar-refractivity contribution in [2.24, 2.45) is 0 Å². The zero-order valence-electron chi connectivity index (χ0n) is 34.9. The fraction of sp³-hybridized carbons (Fsp3) is 0.222. The molecular formula is C54H52N2OS. The minimum Gasteiger partial charge on any atom is -0.507 e. The Bertz CT molecular complexity index is 2730. The maximum atomic E-state index is 11.8. The maximum absolute atomic E-state index is 11.8. The Hall–Kier alpha value is -5.84. The van der Waals surface area contributed by atoms with Gasteiger partial charge in [-0.2, -0.15) is 0 Å². The van der Waals surface area contributed by atoms with Gasteiger partial charge < -0.3 is 5.11 Å². The summed E-state index contributed by atoms with van der Waals surface area (Å²) in [5.74, 6) is 0.308. The Labute approximate surface area is 348 Å². The first-order valence-corrected chi connectivity index (χ1v) is 21.1. The Balaban J connectivity index is 1.19. The summed E-state index contributed by atoms with van der Waals surface area (Å²) in [7, 11) is 0. The fourth-order valence-electron chi connectivity index (χ4n) is 7.89. The number of phenolic OH excluding ortho intramolecular Hbond substituents is 1. The first-order chi connectivity index (χ1) is 27.6. The van der Waals surface area contributed by atoms with Crippen LogP contribution in [0.15, 0.2) is 152 Å². The van der Waals surface area contributed by atoms with E-state index in [4.69, 9.17) is 9.97 Å². The molecule has 0 unspecified atom stereocenters. The standard InChI is InChI=1S/C54H52N2OS/c1-52(2,3)43-32-39(31-40(33-43)47-34-38(26-27-55-47)37-22-24-42(25-23-37)54(7,8)41-18-13-10-14-19-41)44-20-15-21-48-49(44)56-51(58-48)45-29-36(28-35-16-11-9-12-17-35)30-46(50(45)57)53(4,5)6/h9-27,29-34,57H,28H2,1-8H3. The van der Waals surface area contributed by atoms with Crippen LogP contribution >= 0.6 is 11.3 Å². The molecule has 8 rings (SSSR count). The summed E-state index contributed by atoms with van der Waals surface area (Å²) in [4.78, 5) is 10.3. The highest BCUT2D eigenvalue weighted by Crippen LogP contribution is 2.45. The number of fused-ring (bicyclic) bond motifs is 1. The van der Waals surface area contributed by atoms with E-state index in [9.17, 15) is 5.11 Å². The van der Waals surface area contributed by atoms with Crippen LogP contribution in [0.3, 0.4) is 0 Å². The van der Waals surface area contributed by atoms with E-state index in [0.29, 0.717) is 5.75 Å². The summed E-state index contributed by atoms with van der Waals surface area (Å²) in [6.45, 7) is 17.8. The molecule has 0 atom stereocenters. The average Bonchev–Trinajstić information content (AvgIpc) is 3.66. The van der Waals surface area contributed by atoms with Crippen molar-refractivity contribution >= 4 is 21.6 Å². The van der Waals surface area contributed by atoms with Gasteiger partial charge in [-0.05, 0) is 98.2 Å². The molecule has 0 saturated carbocycles. The number of pyridine rings is 1. The van der Waals surface area contributed by atoms with Gasteiger partial charge in [-0.15, -0.1) is 11.3 Å². The predicted octanol–water partition coefficient (Wildman–Crippen LogP) is 14.6. The molecule has 0 amide bonds. The van der Waals surface area contributed by atoms with Gasteiger partial charge in [0, 0.05) is 28.3 Å². The molecule has 4 heteroatoms. The monoisotopic (exact) mass is 776 g/mol. The lowest BCUT2D eigenvalue weighted by Gasteiger charge is -2.26. The molecule has 0 aliphatic heterocycles. The highest BCUT2D eigenvalue weighted by molar-refractivity contribution is 7.21. The molecule has 0 bridgehead atoms. The van der Waals surface area contributed by atoms with Crippen LogP contribution < -0.4 is 0 Å². The molecule has 8 aromatic rings. The van der Waals surface area contributed by atoms with Gasteiger partial charge in [0.1, 0.15) is 10.8 Å².